The van der Waals surface area contributed by atoms with Crippen molar-refractivity contribution in [2.24, 2.45) is 0 Å². The van der Waals surface area contributed by atoms with Crippen molar-refractivity contribution in [1.82, 2.24) is 14.6 Å². The molecule has 1 aromatic carbocycles. The zero-order chi connectivity index (χ0) is 14.3. The van der Waals surface area contributed by atoms with Crippen molar-refractivity contribution in [1.29, 1.82) is 0 Å². The van der Waals surface area contributed by atoms with Gasteiger partial charge >= 0.3 is 0 Å². The van der Waals surface area contributed by atoms with Gasteiger partial charge in [-0.05, 0) is 24.6 Å². The maximum atomic E-state index is 12.1. The fourth-order valence-corrected chi connectivity index (χ4v) is 2.63. The summed E-state index contributed by atoms with van der Waals surface area (Å²) in [4.78, 5) is 16.6. The number of aryl methyl sites for hydroxylation is 1. The Morgan fingerprint density at radius 3 is 2.80 bits per heavy atom. The van der Waals surface area contributed by atoms with E-state index in [-0.39, 0.29) is 5.56 Å². The molecule has 0 spiro atoms. The Labute approximate surface area is 125 Å². The van der Waals surface area contributed by atoms with E-state index in [1.165, 1.54) is 10.6 Å². The number of halogens is 2. The van der Waals surface area contributed by atoms with Crippen LogP contribution in [0.2, 0.25) is 10.0 Å². The molecule has 0 unspecified atom stereocenters. The highest BCUT2D eigenvalue weighted by molar-refractivity contribution is 6.36. The summed E-state index contributed by atoms with van der Waals surface area (Å²) in [6.07, 6.45) is 2.58. The highest BCUT2D eigenvalue weighted by Crippen LogP contribution is 2.28. The van der Waals surface area contributed by atoms with Crippen molar-refractivity contribution in [2.45, 2.75) is 13.3 Å². The molecule has 0 radical (unpaired) electrons. The van der Waals surface area contributed by atoms with Crippen LogP contribution in [0.5, 0.6) is 0 Å². The van der Waals surface area contributed by atoms with E-state index in [9.17, 15) is 4.79 Å². The Morgan fingerprint density at radius 1 is 1.30 bits per heavy atom. The monoisotopic (exact) mass is 307 g/mol. The third kappa shape index (κ3) is 2.11. The molecule has 0 atom stereocenters. The molecule has 0 saturated carbocycles. The Balaban J connectivity index is 2.28. The molecule has 2 heterocycles. The second-order valence-electron chi connectivity index (χ2n) is 4.42. The Morgan fingerprint density at radius 2 is 2.10 bits per heavy atom. The summed E-state index contributed by atoms with van der Waals surface area (Å²) in [5.74, 6) is 0. The first-order valence-electron chi connectivity index (χ1n) is 6.15. The zero-order valence-corrected chi connectivity index (χ0v) is 12.2. The zero-order valence-electron chi connectivity index (χ0n) is 10.7. The molecule has 0 fully saturated rings. The van der Waals surface area contributed by atoms with Crippen LogP contribution in [-0.2, 0) is 6.42 Å². The van der Waals surface area contributed by atoms with Crippen molar-refractivity contribution >= 4 is 28.8 Å². The quantitative estimate of drug-likeness (QED) is 0.787. The van der Waals surface area contributed by atoms with Crippen LogP contribution in [0.25, 0.3) is 16.9 Å². The average Bonchev–Trinajstić information content (AvgIpc) is 2.82. The summed E-state index contributed by atoms with van der Waals surface area (Å²) in [5, 5.41) is 3.92. The van der Waals surface area contributed by atoms with Crippen LogP contribution in [-0.4, -0.2) is 14.6 Å². The molecule has 6 heteroatoms. The molecule has 0 aliphatic heterocycles. The lowest BCUT2D eigenvalue weighted by Gasteiger charge is -2.05. The van der Waals surface area contributed by atoms with E-state index in [1.807, 2.05) is 6.92 Å². The molecule has 0 bridgehead atoms. The fourth-order valence-electron chi connectivity index (χ4n) is 2.12. The molecule has 3 rings (SSSR count). The van der Waals surface area contributed by atoms with Gasteiger partial charge in [-0.1, -0.05) is 30.1 Å². The summed E-state index contributed by atoms with van der Waals surface area (Å²) in [5.41, 5.74) is 2.68. The number of aromatic amines is 1. The first-order chi connectivity index (χ1) is 9.60. The lowest BCUT2D eigenvalue weighted by molar-refractivity contribution is 0.901. The average molecular weight is 308 g/mol. The number of benzene rings is 1. The molecule has 102 valence electrons. The molecular weight excluding hydrogens is 297 g/mol. The Bertz CT molecular complexity index is 851. The first kappa shape index (κ1) is 13.2. The van der Waals surface area contributed by atoms with Gasteiger partial charge < -0.3 is 0 Å². The van der Waals surface area contributed by atoms with Gasteiger partial charge in [-0.2, -0.15) is 0 Å². The number of hydrogen-bond donors (Lipinski definition) is 1. The van der Waals surface area contributed by atoms with E-state index >= 15 is 0 Å². The van der Waals surface area contributed by atoms with Gasteiger partial charge in [-0.3, -0.25) is 9.89 Å². The van der Waals surface area contributed by atoms with Gasteiger partial charge in [0.15, 0.2) is 5.65 Å². The van der Waals surface area contributed by atoms with E-state index in [4.69, 9.17) is 23.2 Å². The maximum Gasteiger partial charge on any atom is 0.273 e. The van der Waals surface area contributed by atoms with E-state index in [1.54, 1.807) is 24.4 Å². The van der Waals surface area contributed by atoms with Crippen LogP contribution >= 0.6 is 23.2 Å². The summed E-state index contributed by atoms with van der Waals surface area (Å²) in [7, 11) is 0. The van der Waals surface area contributed by atoms with Gasteiger partial charge in [0.05, 0.1) is 10.7 Å². The molecule has 1 N–H and O–H groups in total. The van der Waals surface area contributed by atoms with Crippen LogP contribution in [0, 0.1) is 0 Å². The lowest BCUT2D eigenvalue weighted by Crippen LogP contribution is -2.14. The normalized spacial score (nSPS) is 11.2. The van der Waals surface area contributed by atoms with E-state index in [0.29, 0.717) is 26.9 Å². The molecule has 0 amide bonds. The number of rotatable bonds is 2. The number of aromatic nitrogens is 3. The van der Waals surface area contributed by atoms with Crippen LogP contribution < -0.4 is 5.56 Å². The standard InChI is InChI=1S/C14H11Cl2N3O/c1-2-8-7-17-19-13(20)6-12(18-14(8)19)10-4-3-9(15)5-11(10)16/h3-7,17H,2H2,1H3. The van der Waals surface area contributed by atoms with E-state index in [2.05, 4.69) is 10.1 Å². The first-order valence-corrected chi connectivity index (χ1v) is 6.91. The van der Waals surface area contributed by atoms with Crippen molar-refractivity contribution in [3.63, 3.8) is 0 Å². The van der Waals surface area contributed by atoms with Gasteiger partial charge in [-0.25, -0.2) is 9.50 Å². The number of nitrogens with zero attached hydrogens (tertiary/aromatic N) is 2. The van der Waals surface area contributed by atoms with E-state index in [0.717, 1.165) is 12.0 Å². The molecule has 20 heavy (non-hydrogen) atoms. The second-order valence-corrected chi connectivity index (χ2v) is 5.26. The highest BCUT2D eigenvalue weighted by Gasteiger charge is 2.11. The number of fused-ring (bicyclic) bond motifs is 1. The Hall–Kier alpha value is -1.78. The largest absolute Gasteiger partial charge is 0.297 e. The lowest BCUT2D eigenvalue weighted by atomic mass is 10.1. The predicted molar refractivity (Wildman–Crippen MR) is 80.6 cm³/mol. The Kier molecular flexibility index (Phi) is 3.28. The molecular formula is C14H11Cl2N3O. The van der Waals surface area contributed by atoms with Crippen molar-refractivity contribution in [3.05, 3.63) is 56.4 Å². The molecule has 0 saturated heterocycles. The van der Waals surface area contributed by atoms with Crippen LogP contribution in [0.15, 0.2) is 35.3 Å². The number of H-pyrrole nitrogens is 1. The summed E-state index contributed by atoms with van der Waals surface area (Å²) in [6.45, 7) is 2.01. The SMILES string of the molecule is CCc1c[nH]n2c(=O)cc(-c3ccc(Cl)cc3Cl)nc12. The molecule has 0 aliphatic carbocycles. The highest BCUT2D eigenvalue weighted by atomic mass is 35.5. The summed E-state index contributed by atoms with van der Waals surface area (Å²) in [6, 6.07) is 6.59. The van der Waals surface area contributed by atoms with Gasteiger partial charge in [0.1, 0.15) is 0 Å². The molecule has 2 aromatic heterocycles. The van der Waals surface area contributed by atoms with Crippen LogP contribution in [0.4, 0.5) is 0 Å². The topological polar surface area (TPSA) is 50.2 Å². The number of hydrogen-bond acceptors (Lipinski definition) is 2. The van der Waals surface area contributed by atoms with Gasteiger partial charge in [0, 0.05) is 28.4 Å². The third-order valence-electron chi connectivity index (χ3n) is 3.16. The van der Waals surface area contributed by atoms with Crippen molar-refractivity contribution in [2.75, 3.05) is 0 Å². The predicted octanol–water partition coefficient (Wildman–Crippen LogP) is 3.56. The van der Waals surface area contributed by atoms with Crippen LogP contribution in [0.1, 0.15) is 12.5 Å². The molecule has 4 nitrogen and oxygen atoms in total. The third-order valence-corrected chi connectivity index (χ3v) is 3.71. The van der Waals surface area contributed by atoms with Crippen LogP contribution in [0.3, 0.4) is 0 Å². The minimum atomic E-state index is -0.171. The number of nitrogens with one attached hydrogen (secondary N) is 1. The van der Waals surface area contributed by atoms with Gasteiger partial charge in [0.25, 0.3) is 5.56 Å². The van der Waals surface area contributed by atoms with E-state index < -0.39 is 0 Å². The minimum Gasteiger partial charge on any atom is -0.297 e. The molecule has 0 aliphatic rings. The van der Waals surface area contributed by atoms with Crippen molar-refractivity contribution in [3.8, 4) is 11.3 Å². The summed E-state index contributed by atoms with van der Waals surface area (Å²) >= 11 is 12.1. The minimum absolute atomic E-state index is 0.171. The smallest absolute Gasteiger partial charge is 0.273 e. The molecule has 3 aromatic rings. The second kappa shape index (κ2) is 4.96. The van der Waals surface area contributed by atoms with Gasteiger partial charge in [-0.15, -0.1) is 0 Å². The fraction of sp³-hybridized carbons (Fsp3) is 0.143. The summed E-state index contributed by atoms with van der Waals surface area (Å²) < 4.78 is 1.42. The van der Waals surface area contributed by atoms with Crippen molar-refractivity contribution < 1.29 is 0 Å². The van der Waals surface area contributed by atoms with Gasteiger partial charge in [0.2, 0.25) is 0 Å². The maximum absolute atomic E-state index is 12.1.